The van der Waals surface area contributed by atoms with Gasteiger partial charge in [0.05, 0.1) is 6.54 Å². The average molecular weight is 243 g/mol. The molecule has 0 unspecified atom stereocenters. The van der Waals surface area contributed by atoms with Crippen LogP contribution >= 0.6 is 12.2 Å². The molecule has 0 atom stereocenters. The Morgan fingerprint density at radius 2 is 2.44 bits per heavy atom. The lowest BCUT2D eigenvalue weighted by molar-refractivity contribution is 0.145. The Bertz CT molecular complexity index is 290. The Morgan fingerprint density at radius 3 is 3.12 bits per heavy atom. The van der Waals surface area contributed by atoms with E-state index >= 15 is 0 Å². The smallest absolute Gasteiger partial charge is 0.166 e. The lowest BCUT2D eigenvalue weighted by Crippen LogP contribution is -2.35. The van der Waals surface area contributed by atoms with Crippen molar-refractivity contribution in [3.63, 3.8) is 0 Å². The number of nitrogens with one attached hydrogen (secondary N) is 3. The predicted octanol–water partition coefficient (Wildman–Crippen LogP) is 0.195. The van der Waals surface area contributed by atoms with Crippen molar-refractivity contribution in [1.29, 1.82) is 0 Å². The minimum atomic E-state index is 0.553. The Labute approximate surface area is 100 Å². The van der Waals surface area contributed by atoms with Crippen LogP contribution in [0.2, 0.25) is 0 Å². The molecule has 1 aromatic rings. The van der Waals surface area contributed by atoms with Crippen LogP contribution < -0.4 is 10.6 Å². The normalized spacial score (nSPS) is 10.1. The molecule has 0 saturated heterocycles. The quantitative estimate of drug-likeness (QED) is 0.469. The zero-order valence-corrected chi connectivity index (χ0v) is 10.1. The summed E-state index contributed by atoms with van der Waals surface area (Å²) < 4.78 is 5.21. The highest BCUT2D eigenvalue weighted by atomic mass is 32.1. The molecular formula is C9H17N5OS. The second-order valence-electron chi connectivity index (χ2n) is 3.09. The van der Waals surface area contributed by atoms with Crippen molar-refractivity contribution in [2.24, 2.45) is 0 Å². The third-order valence-corrected chi connectivity index (χ3v) is 2.13. The molecule has 0 fully saturated rings. The third-order valence-electron chi connectivity index (χ3n) is 1.84. The fourth-order valence-electron chi connectivity index (χ4n) is 1.06. The second kappa shape index (κ2) is 8.00. The van der Waals surface area contributed by atoms with E-state index in [0.717, 1.165) is 32.0 Å². The van der Waals surface area contributed by atoms with Crippen LogP contribution in [0, 0.1) is 0 Å². The van der Waals surface area contributed by atoms with Gasteiger partial charge in [0.1, 0.15) is 12.2 Å². The van der Waals surface area contributed by atoms with Crippen molar-refractivity contribution >= 4 is 17.3 Å². The summed E-state index contributed by atoms with van der Waals surface area (Å²) in [6.07, 6.45) is 2.41. The maximum absolute atomic E-state index is 5.21. The Morgan fingerprint density at radius 1 is 1.56 bits per heavy atom. The van der Waals surface area contributed by atoms with Gasteiger partial charge in [-0.3, -0.25) is 5.10 Å². The van der Waals surface area contributed by atoms with E-state index in [1.54, 1.807) is 0 Å². The zero-order chi connectivity index (χ0) is 11.6. The summed E-state index contributed by atoms with van der Waals surface area (Å²) in [6.45, 7) is 4.86. The standard InChI is InChI=1S/C9H17N5OS/c1-2-15-5-3-4-10-9(16)11-6-8-12-7-13-14-8/h7H,2-6H2,1H3,(H2,10,11,16)(H,12,13,14). The molecule has 0 saturated carbocycles. The van der Waals surface area contributed by atoms with Crippen molar-refractivity contribution in [2.45, 2.75) is 19.9 Å². The maximum Gasteiger partial charge on any atom is 0.166 e. The predicted molar refractivity (Wildman–Crippen MR) is 64.9 cm³/mol. The molecule has 0 aliphatic rings. The molecule has 6 nitrogen and oxygen atoms in total. The number of thiocarbonyl (C=S) groups is 1. The summed E-state index contributed by atoms with van der Waals surface area (Å²) in [7, 11) is 0. The van der Waals surface area contributed by atoms with Gasteiger partial charge in [0.25, 0.3) is 0 Å². The molecule has 0 aliphatic carbocycles. The van der Waals surface area contributed by atoms with Crippen molar-refractivity contribution in [2.75, 3.05) is 19.8 Å². The van der Waals surface area contributed by atoms with Crippen LogP contribution in [0.3, 0.4) is 0 Å². The third kappa shape index (κ3) is 5.62. The van der Waals surface area contributed by atoms with E-state index in [2.05, 4.69) is 25.8 Å². The SMILES string of the molecule is CCOCCCNC(=S)NCc1ncn[nH]1. The first-order chi connectivity index (χ1) is 7.83. The Kier molecular flexibility index (Phi) is 6.43. The van der Waals surface area contributed by atoms with E-state index in [9.17, 15) is 0 Å². The van der Waals surface area contributed by atoms with E-state index < -0.39 is 0 Å². The minimum Gasteiger partial charge on any atom is -0.382 e. The van der Waals surface area contributed by atoms with Gasteiger partial charge in [-0.15, -0.1) is 0 Å². The van der Waals surface area contributed by atoms with Gasteiger partial charge in [-0.05, 0) is 25.6 Å². The molecule has 16 heavy (non-hydrogen) atoms. The topological polar surface area (TPSA) is 74.9 Å². The molecule has 0 aromatic carbocycles. The number of H-pyrrole nitrogens is 1. The number of rotatable bonds is 7. The van der Waals surface area contributed by atoms with Crippen LogP contribution in [0.15, 0.2) is 6.33 Å². The minimum absolute atomic E-state index is 0.553. The van der Waals surface area contributed by atoms with E-state index in [1.807, 2.05) is 6.92 Å². The average Bonchev–Trinajstić information content (AvgIpc) is 2.79. The maximum atomic E-state index is 5.21. The summed E-state index contributed by atoms with van der Waals surface area (Å²) in [5, 5.41) is 13.2. The van der Waals surface area contributed by atoms with Gasteiger partial charge in [0.15, 0.2) is 5.11 Å². The summed E-state index contributed by atoms with van der Waals surface area (Å²) >= 11 is 5.08. The number of hydrogen-bond acceptors (Lipinski definition) is 4. The molecule has 90 valence electrons. The number of aromatic nitrogens is 3. The highest BCUT2D eigenvalue weighted by molar-refractivity contribution is 7.80. The number of ether oxygens (including phenoxy) is 1. The second-order valence-corrected chi connectivity index (χ2v) is 3.50. The number of nitrogens with zero attached hydrogens (tertiary/aromatic N) is 2. The van der Waals surface area contributed by atoms with Gasteiger partial charge in [-0.1, -0.05) is 0 Å². The van der Waals surface area contributed by atoms with Gasteiger partial charge in [-0.2, -0.15) is 5.10 Å². The molecule has 0 radical (unpaired) electrons. The van der Waals surface area contributed by atoms with Crippen LogP contribution in [0.4, 0.5) is 0 Å². The van der Waals surface area contributed by atoms with E-state index in [0.29, 0.717) is 11.7 Å². The van der Waals surface area contributed by atoms with Crippen LogP contribution in [-0.2, 0) is 11.3 Å². The lowest BCUT2D eigenvalue weighted by Gasteiger charge is -2.08. The molecular weight excluding hydrogens is 226 g/mol. The first-order valence-corrected chi connectivity index (χ1v) is 5.67. The Hall–Kier alpha value is -1.21. The van der Waals surface area contributed by atoms with Crippen molar-refractivity contribution in [1.82, 2.24) is 25.8 Å². The molecule has 0 spiro atoms. The van der Waals surface area contributed by atoms with Gasteiger partial charge in [0.2, 0.25) is 0 Å². The summed E-state index contributed by atoms with van der Waals surface area (Å²) in [6, 6.07) is 0. The van der Waals surface area contributed by atoms with E-state index in [4.69, 9.17) is 17.0 Å². The highest BCUT2D eigenvalue weighted by Crippen LogP contribution is 1.84. The van der Waals surface area contributed by atoms with Crippen molar-refractivity contribution < 1.29 is 4.74 Å². The first-order valence-electron chi connectivity index (χ1n) is 5.26. The fraction of sp³-hybridized carbons (Fsp3) is 0.667. The van der Waals surface area contributed by atoms with Gasteiger partial charge in [0, 0.05) is 19.8 Å². The lowest BCUT2D eigenvalue weighted by atomic mass is 10.4. The largest absolute Gasteiger partial charge is 0.382 e. The van der Waals surface area contributed by atoms with Crippen LogP contribution in [-0.4, -0.2) is 40.1 Å². The van der Waals surface area contributed by atoms with Crippen LogP contribution in [0.1, 0.15) is 19.2 Å². The molecule has 7 heteroatoms. The van der Waals surface area contributed by atoms with Crippen LogP contribution in [0.25, 0.3) is 0 Å². The monoisotopic (exact) mass is 243 g/mol. The molecule has 0 amide bonds. The molecule has 0 bridgehead atoms. The molecule has 1 heterocycles. The molecule has 1 aromatic heterocycles. The molecule has 0 aliphatic heterocycles. The molecule has 1 rings (SSSR count). The number of hydrogen-bond donors (Lipinski definition) is 3. The summed E-state index contributed by atoms with van der Waals surface area (Å²) in [4.78, 5) is 3.97. The summed E-state index contributed by atoms with van der Waals surface area (Å²) in [5.41, 5.74) is 0. The molecule has 3 N–H and O–H groups in total. The Balaban J connectivity index is 1.99. The van der Waals surface area contributed by atoms with Crippen molar-refractivity contribution in [3.05, 3.63) is 12.2 Å². The summed E-state index contributed by atoms with van der Waals surface area (Å²) in [5.74, 6) is 0.762. The van der Waals surface area contributed by atoms with Gasteiger partial charge in [-0.25, -0.2) is 4.98 Å². The highest BCUT2D eigenvalue weighted by Gasteiger charge is 1.97. The fourth-order valence-corrected chi connectivity index (χ4v) is 1.24. The number of aromatic amines is 1. The van der Waals surface area contributed by atoms with Crippen molar-refractivity contribution in [3.8, 4) is 0 Å². The van der Waals surface area contributed by atoms with Gasteiger partial charge >= 0.3 is 0 Å². The van der Waals surface area contributed by atoms with Gasteiger partial charge < -0.3 is 15.4 Å². The van der Waals surface area contributed by atoms with E-state index in [-0.39, 0.29) is 0 Å². The van der Waals surface area contributed by atoms with E-state index in [1.165, 1.54) is 6.33 Å². The van der Waals surface area contributed by atoms with Crippen LogP contribution in [0.5, 0.6) is 0 Å². The zero-order valence-electron chi connectivity index (χ0n) is 9.32. The first kappa shape index (κ1) is 12.9.